The van der Waals surface area contributed by atoms with Gasteiger partial charge in [-0.25, -0.2) is 4.70 Å². The lowest BCUT2D eigenvalue weighted by Crippen LogP contribution is -2.05. The summed E-state index contributed by atoms with van der Waals surface area (Å²) in [5.74, 6) is 7.00. The Kier molecular flexibility index (Phi) is 29.7. The SMILES string of the molecule is CCCCCCCCCCCCCCCCCCCCCCCCCC#CCCCc1ccccc1C1=C(CCCC)C(CCCC)=C(c2cccc(CCCC)c2)[N+]1=[N-]. The van der Waals surface area contributed by atoms with Gasteiger partial charge < -0.3 is 5.53 Å². The van der Waals surface area contributed by atoms with Crippen molar-refractivity contribution in [1.82, 2.24) is 0 Å². The molecule has 2 aromatic carbocycles. The first kappa shape index (κ1) is 51.4. The predicted molar refractivity (Wildman–Crippen MR) is 265 cm³/mol. The van der Waals surface area contributed by atoms with E-state index in [0.717, 1.165) is 87.6 Å². The van der Waals surface area contributed by atoms with Gasteiger partial charge in [-0.2, -0.15) is 0 Å². The van der Waals surface area contributed by atoms with E-state index in [-0.39, 0.29) is 0 Å². The van der Waals surface area contributed by atoms with Gasteiger partial charge in [0.05, 0.1) is 0 Å². The van der Waals surface area contributed by atoms with E-state index in [1.165, 1.54) is 188 Å². The van der Waals surface area contributed by atoms with Crippen LogP contribution < -0.4 is 0 Å². The number of nitrogens with zero attached hydrogens (tertiary/aromatic N) is 2. The molecule has 60 heavy (non-hydrogen) atoms. The molecular weight excluding hydrogens is 725 g/mol. The van der Waals surface area contributed by atoms with Crippen LogP contribution in [0.25, 0.3) is 16.9 Å². The smallest absolute Gasteiger partial charge is 0.211 e. The monoisotopic (exact) mass is 817 g/mol. The number of benzene rings is 2. The summed E-state index contributed by atoms with van der Waals surface area (Å²) in [5.41, 5.74) is 21.9. The Balaban J connectivity index is 1.31. The molecule has 0 saturated carbocycles. The Bertz CT molecular complexity index is 1550. The van der Waals surface area contributed by atoms with Gasteiger partial charge in [-0.05, 0) is 87.1 Å². The van der Waals surface area contributed by atoms with Crippen molar-refractivity contribution in [2.75, 3.05) is 0 Å². The highest BCUT2D eigenvalue weighted by molar-refractivity contribution is 5.83. The second-order valence-electron chi connectivity index (χ2n) is 18.4. The molecule has 0 aromatic heterocycles. The molecule has 2 nitrogen and oxygen atoms in total. The van der Waals surface area contributed by atoms with Gasteiger partial charge in [0.2, 0.25) is 11.4 Å². The van der Waals surface area contributed by atoms with Crippen molar-refractivity contribution >= 4 is 11.4 Å². The second-order valence-corrected chi connectivity index (χ2v) is 18.4. The average molecular weight is 817 g/mol. The highest BCUT2D eigenvalue weighted by atomic mass is 15.2. The Morgan fingerprint density at radius 3 is 1.35 bits per heavy atom. The number of aryl methyl sites for hydroxylation is 2. The molecule has 2 heteroatoms. The normalized spacial score (nSPS) is 12.8. The molecule has 1 heterocycles. The van der Waals surface area contributed by atoms with E-state index >= 15 is 0 Å². The lowest BCUT2D eigenvalue weighted by molar-refractivity contribution is -0.345. The van der Waals surface area contributed by atoms with Gasteiger partial charge in [-0.3, -0.25) is 0 Å². The highest BCUT2D eigenvalue weighted by Crippen LogP contribution is 2.45. The molecule has 0 fully saturated rings. The van der Waals surface area contributed by atoms with Crippen LogP contribution in [0.5, 0.6) is 0 Å². The Hall–Kier alpha value is -2.92. The fourth-order valence-electron chi connectivity index (χ4n) is 9.24. The number of hydrogen-bond donors (Lipinski definition) is 0. The van der Waals surface area contributed by atoms with Crippen molar-refractivity contribution in [3.05, 3.63) is 87.5 Å². The van der Waals surface area contributed by atoms with Gasteiger partial charge in [-0.1, -0.05) is 219 Å². The summed E-state index contributed by atoms with van der Waals surface area (Å²) >= 11 is 0. The van der Waals surface area contributed by atoms with Crippen LogP contribution >= 0.6 is 0 Å². The minimum Gasteiger partial charge on any atom is -0.493 e. The van der Waals surface area contributed by atoms with Gasteiger partial charge >= 0.3 is 0 Å². The molecule has 0 aliphatic carbocycles. The second kappa shape index (κ2) is 34.6. The van der Waals surface area contributed by atoms with E-state index in [1.807, 2.05) is 0 Å². The summed E-state index contributed by atoms with van der Waals surface area (Å²) in [6, 6.07) is 17.8. The van der Waals surface area contributed by atoms with Crippen LogP contribution in [-0.2, 0) is 12.8 Å². The molecule has 0 atom stereocenters. The third-order valence-corrected chi connectivity index (χ3v) is 13.0. The van der Waals surface area contributed by atoms with Crippen LogP contribution in [0, 0.1) is 11.8 Å². The fourth-order valence-corrected chi connectivity index (χ4v) is 9.24. The topological polar surface area (TPSA) is 25.3 Å². The minimum absolute atomic E-state index is 0.939. The van der Waals surface area contributed by atoms with Gasteiger partial charge in [-0.15, -0.1) is 11.8 Å². The lowest BCUT2D eigenvalue weighted by Gasteiger charge is -2.13. The molecular formula is C58H92N2. The lowest BCUT2D eigenvalue weighted by atomic mass is 9.90. The molecule has 3 rings (SSSR count). The Morgan fingerprint density at radius 2 is 0.833 bits per heavy atom. The number of rotatable bonds is 37. The van der Waals surface area contributed by atoms with E-state index < -0.39 is 0 Å². The predicted octanol–water partition coefficient (Wildman–Crippen LogP) is 19.3. The summed E-state index contributed by atoms with van der Waals surface area (Å²) in [6.07, 6.45) is 46.9. The summed E-state index contributed by atoms with van der Waals surface area (Å²) in [5, 5.41) is 0. The molecule has 0 spiro atoms. The van der Waals surface area contributed by atoms with Crippen molar-refractivity contribution in [3.8, 4) is 11.8 Å². The van der Waals surface area contributed by atoms with Gasteiger partial charge in [0, 0.05) is 35.1 Å². The Morgan fingerprint density at radius 1 is 0.400 bits per heavy atom. The number of hydrogen-bond acceptors (Lipinski definition) is 0. The first-order valence-electron chi connectivity index (χ1n) is 26.2. The molecule has 1 aliphatic rings. The van der Waals surface area contributed by atoms with E-state index in [1.54, 1.807) is 4.70 Å². The molecule has 0 unspecified atom stereocenters. The quantitative estimate of drug-likeness (QED) is 0.0369. The van der Waals surface area contributed by atoms with Gasteiger partial charge in [0.1, 0.15) is 0 Å². The first-order chi connectivity index (χ1) is 29.7. The zero-order valence-corrected chi connectivity index (χ0v) is 40.0. The molecule has 0 bridgehead atoms. The van der Waals surface area contributed by atoms with Crippen LogP contribution in [0.4, 0.5) is 0 Å². The molecule has 334 valence electrons. The van der Waals surface area contributed by atoms with Crippen molar-refractivity contribution in [1.29, 1.82) is 0 Å². The molecule has 0 radical (unpaired) electrons. The van der Waals surface area contributed by atoms with Crippen LogP contribution in [0.1, 0.15) is 268 Å². The molecule has 0 amide bonds. The maximum atomic E-state index is 12.2. The number of allylic oxidation sites excluding steroid dienone is 2. The van der Waals surface area contributed by atoms with Crippen molar-refractivity contribution in [3.63, 3.8) is 0 Å². The summed E-state index contributed by atoms with van der Waals surface area (Å²) < 4.78 is 1.58. The summed E-state index contributed by atoms with van der Waals surface area (Å²) in [6.45, 7) is 9.11. The third-order valence-electron chi connectivity index (χ3n) is 13.0. The van der Waals surface area contributed by atoms with E-state index in [0.29, 0.717) is 0 Å². The van der Waals surface area contributed by atoms with E-state index in [4.69, 9.17) is 0 Å². The van der Waals surface area contributed by atoms with Crippen LogP contribution in [-0.4, -0.2) is 4.70 Å². The molecule has 0 saturated heterocycles. The maximum absolute atomic E-state index is 12.2. The Labute approximate surface area is 372 Å². The van der Waals surface area contributed by atoms with Crippen molar-refractivity contribution in [2.45, 2.75) is 259 Å². The maximum Gasteiger partial charge on any atom is 0.211 e. The summed E-state index contributed by atoms with van der Waals surface area (Å²) in [7, 11) is 0. The van der Waals surface area contributed by atoms with Crippen molar-refractivity contribution in [2.24, 2.45) is 0 Å². The van der Waals surface area contributed by atoms with E-state index in [9.17, 15) is 5.53 Å². The zero-order chi connectivity index (χ0) is 42.7. The summed E-state index contributed by atoms with van der Waals surface area (Å²) in [4.78, 5) is 0. The van der Waals surface area contributed by atoms with Gasteiger partial charge in [0.15, 0.2) is 0 Å². The van der Waals surface area contributed by atoms with Crippen LogP contribution in [0.3, 0.4) is 0 Å². The fraction of sp³-hybridized carbons (Fsp3) is 0.690. The first-order valence-corrected chi connectivity index (χ1v) is 26.2. The van der Waals surface area contributed by atoms with Crippen molar-refractivity contribution < 1.29 is 4.70 Å². The van der Waals surface area contributed by atoms with Gasteiger partial charge in [0.25, 0.3) is 0 Å². The number of unbranched alkanes of at least 4 members (excludes halogenated alkanes) is 27. The van der Waals surface area contributed by atoms with Crippen LogP contribution in [0.15, 0.2) is 59.7 Å². The standard InChI is InChI=1S/C58H92N2/c1-5-9-13-14-15-16-17-18-19-20-21-22-23-24-25-26-27-28-29-30-31-32-33-34-35-36-37-38-44-52-45-39-40-49-54(52)58-56(48-12-8-4)55(47-11-7-3)57(60(58)59)53-46-41-43-51(50-53)42-10-6-2/h39-41,43,45-46,49-50H,5-34,37-38,42,44,47-48H2,1-4H3. The molecule has 2 aromatic rings. The highest BCUT2D eigenvalue weighted by Gasteiger charge is 2.36. The largest absolute Gasteiger partial charge is 0.493 e. The zero-order valence-electron chi connectivity index (χ0n) is 40.0. The van der Waals surface area contributed by atoms with Crippen LogP contribution in [0.2, 0.25) is 0 Å². The molecule has 1 aliphatic heterocycles. The third kappa shape index (κ3) is 20.8. The average Bonchev–Trinajstić information content (AvgIpc) is 3.54. The van der Waals surface area contributed by atoms with E-state index in [2.05, 4.69) is 88.1 Å². The molecule has 0 N–H and O–H groups in total. The minimum atomic E-state index is 0.939.